The Morgan fingerprint density at radius 1 is 1.61 bits per heavy atom. The first kappa shape index (κ1) is 13.2. The molecule has 0 saturated heterocycles. The van der Waals surface area contributed by atoms with Crippen LogP contribution in [0.1, 0.15) is 6.42 Å². The number of fused-ring (bicyclic) bond motifs is 1. The minimum Gasteiger partial charge on any atom is -0.324 e. The van der Waals surface area contributed by atoms with Gasteiger partial charge >= 0.3 is 0 Å². The van der Waals surface area contributed by atoms with E-state index in [-0.39, 0.29) is 18.2 Å². The average Bonchev–Trinajstić information content (AvgIpc) is 2.31. The van der Waals surface area contributed by atoms with E-state index < -0.39 is 5.25 Å². The molecule has 5 nitrogen and oxygen atoms in total. The highest BCUT2D eigenvalue weighted by Crippen LogP contribution is 2.38. The number of hydrogen-bond acceptors (Lipinski definition) is 4. The van der Waals surface area contributed by atoms with Crippen molar-refractivity contribution in [1.29, 1.82) is 0 Å². The summed E-state index contributed by atoms with van der Waals surface area (Å²) in [5.41, 5.74) is 2.87. The summed E-state index contributed by atoms with van der Waals surface area (Å²) in [6.45, 7) is 0. The van der Waals surface area contributed by atoms with E-state index in [4.69, 9.17) is 11.6 Å². The van der Waals surface area contributed by atoms with Crippen molar-refractivity contribution in [3.05, 3.63) is 23.2 Å². The summed E-state index contributed by atoms with van der Waals surface area (Å²) in [4.78, 5) is 28.6. The van der Waals surface area contributed by atoms with Crippen LogP contribution in [0, 0.1) is 0 Å². The molecule has 0 radical (unpaired) electrons. The van der Waals surface area contributed by atoms with Gasteiger partial charge in [-0.3, -0.25) is 14.4 Å². The molecule has 0 fully saturated rings. The van der Waals surface area contributed by atoms with Gasteiger partial charge in [-0.25, -0.2) is 5.48 Å². The van der Waals surface area contributed by atoms with Crippen LogP contribution >= 0.6 is 23.4 Å². The number of halogens is 1. The Balaban J connectivity index is 2.11. The number of anilines is 1. The third-order valence-corrected chi connectivity index (χ3v) is 3.86. The number of rotatable bonds is 3. The predicted octanol–water partition coefficient (Wildman–Crippen LogP) is 1.82. The van der Waals surface area contributed by atoms with Gasteiger partial charge in [0.2, 0.25) is 11.8 Å². The van der Waals surface area contributed by atoms with Crippen LogP contribution in [0.25, 0.3) is 0 Å². The van der Waals surface area contributed by atoms with Crippen molar-refractivity contribution >= 4 is 40.9 Å². The number of benzene rings is 1. The monoisotopic (exact) mass is 286 g/mol. The van der Waals surface area contributed by atoms with E-state index in [0.717, 1.165) is 4.90 Å². The number of thioether (sulfide) groups is 1. The fraction of sp³-hybridized carbons (Fsp3) is 0.273. The standard InChI is InChI=1S/C11H11ClN2O3S/c1-17-14-10(15)5-9-11(16)13-7-4-6(12)2-3-8(7)18-9/h2-4,9H,5H2,1H3,(H,13,16)(H,14,15)/t9-/m1/s1. The number of hydroxylamine groups is 1. The summed E-state index contributed by atoms with van der Waals surface area (Å²) >= 11 is 7.19. The van der Waals surface area contributed by atoms with Crippen molar-refractivity contribution in [1.82, 2.24) is 5.48 Å². The molecule has 0 saturated carbocycles. The van der Waals surface area contributed by atoms with Crippen molar-refractivity contribution in [2.24, 2.45) is 0 Å². The van der Waals surface area contributed by atoms with Crippen molar-refractivity contribution < 1.29 is 14.4 Å². The van der Waals surface area contributed by atoms with Gasteiger partial charge < -0.3 is 5.32 Å². The molecule has 7 heteroatoms. The third-order valence-electron chi connectivity index (χ3n) is 2.35. The summed E-state index contributed by atoms with van der Waals surface area (Å²) in [5, 5.41) is 2.83. The fourth-order valence-electron chi connectivity index (χ4n) is 1.58. The van der Waals surface area contributed by atoms with Crippen LogP contribution in [0.5, 0.6) is 0 Å². The van der Waals surface area contributed by atoms with E-state index in [2.05, 4.69) is 15.6 Å². The first-order valence-corrected chi connectivity index (χ1v) is 6.45. The molecule has 2 amide bonds. The van der Waals surface area contributed by atoms with Gasteiger partial charge in [0.05, 0.1) is 18.0 Å². The lowest BCUT2D eigenvalue weighted by atomic mass is 10.2. The smallest absolute Gasteiger partial charge is 0.245 e. The molecule has 2 N–H and O–H groups in total. The number of hydrogen-bond donors (Lipinski definition) is 2. The molecular weight excluding hydrogens is 276 g/mol. The second kappa shape index (κ2) is 5.60. The van der Waals surface area contributed by atoms with Crippen LogP contribution in [-0.4, -0.2) is 24.2 Å². The second-order valence-electron chi connectivity index (χ2n) is 3.67. The highest BCUT2D eigenvalue weighted by molar-refractivity contribution is 8.01. The van der Waals surface area contributed by atoms with Crippen LogP contribution in [-0.2, 0) is 14.4 Å². The summed E-state index contributed by atoms with van der Waals surface area (Å²) in [6.07, 6.45) is 0.0619. The fourth-order valence-corrected chi connectivity index (χ4v) is 2.84. The van der Waals surface area contributed by atoms with Crippen molar-refractivity contribution in [3.63, 3.8) is 0 Å². The van der Waals surface area contributed by atoms with Gasteiger partial charge in [0.15, 0.2) is 0 Å². The Labute approximate surface area is 113 Å². The van der Waals surface area contributed by atoms with Crippen LogP contribution < -0.4 is 10.8 Å². The van der Waals surface area contributed by atoms with E-state index in [9.17, 15) is 9.59 Å². The normalized spacial score (nSPS) is 17.9. The highest BCUT2D eigenvalue weighted by Gasteiger charge is 2.29. The Morgan fingerprint density at radius 2 is 2.39 bits per heavy atom. The second-order valence-corrected chi connectivity index (χ2v) is 5.35. The van der Waals surface area contributed by atoms with Gasteiger partial charge in [-0.15, -0.1) is 11.8 Å². The lowest BCUT2D eigenvalue weighted by molar-refractivity contribution is -0.132. The Bertz CT molecular complexity index is 495. The highest BCUT2D eigenvalue weighted by atomic mass is 35.5. The third kappa shape index (κ3) is 2.95. The lowest BCUT2D eigenvalue weighted by Crippen LogP contribution is -2.34. The molecule has 1 aliphatic heterocycles. The molecule has 1 aromatic carbocycles. The summed E-state index contributed by atoms with van der Waals surface area (Å²) in [7, 11) is 1.35. The number of carbonyl (C=O) groups is 2. The maximum atomic E-state index is 11.8. The number of amides is 2. The Hall–Kier alpha value is -1.24. The van der Waals surface area contributed by atoms with Crippen LogP contribution in [0.4, 0.5) is 5.69 Å². The number of nitrogens with one attached hydrogen (secondary N) is 2. The van der Waals surface area contributed by atoms with Gasteiger partial charge in [0, 0.05) is 16.3 Å². The molecule has 18 heavy (non-hydrogen) atoms. The zero-order valence-corrected chi connectivity index (χ0v) is 11.1. The van der Waals surface area contributed by atoms with Gasteiger partial charge in [0.1, 0.15) is 0 Å². The topological polar surface area (TPSA) is 67.4 Å². The zero-order chi connectivity index (χ0) is 13.1. The minimum atomic E-state index is -0.464. The summed E-state index contributed by atoms with van der Waals surface area (Å²) in [5.74, 6) is -0.538. The van der Waals surface area contributed by atoms with Crippen LogP contribution in [0.3, 0.4) is 0 Å². The summed E-state index contributed by atoms with van der Waals surface area (Å²) in [6, 6.07) is 5.26. The molecule has 0 unspecified atom stereocenters. The van der Waals surface area contributed by atoms with Gasteiger partial charge in [-0.1, -0.05) is 11.6 Å². The molecule has 0 aliphatic carbocycles. The molecule has 1 aromatic rings. The molecule has 2 rings (SSSR count). The zero-order valence-electron chi connectivity index (χ0n) is 9.53. The molecule has 0 bridgehead atoms. The van der Waals surface area contributed by atoms with E-state index in [1.807, 2.05) is 6.07 Å². The Morgan fingerprint density at radius 3 is 3.11 bits per heavy atom. The number of carbonyl (C=O) groups excluding carboxylic acids is 2. The van der Waals surface area contributed by atoms with Crippen LogP contribution in [0.15, 0.2) is 23.1 Å². The summed E-state index contributed by atoms with van der Waals surface area (Å²) < 4.78 is 0. The van der Waals surface area contributed by atoms with E-state index in [1.54, 1.807) is 12.1 Å². The van der Waals surface area contributed by atoms with E-state index in [0.29, 0.717) is 10.7 Å². The molecule has 1 heterocycles. The van der Waals surface area contributed by atoms with E-state index >= 15 is 0 Å². The Kier molecular flexibility index (Phi) is 4.11. The average molecular weight is 287 g/mol. The quantitative estimate of drug-likeness (QED) is 0.832. The predicted molar refractivity (Wildman–Crippen MR) is 69.5 cm³/mol. The molecule has 1 atom stereocenters. The maximum Gasteiger partial charge on any atom is 0.245 e. The molecule has 1 aliphatic rings. The lowest BCUT2D eigenvalue weighted by Gasteiger charge is -2.23. The van der Waals surface area contributed by atoms with Crippen LogP contribution in [0.2, 0.25) is 5.02 Å². The SMILES string of the molecule is CONC(=O)C[C@H]1Sc2ccc(Cl)cc2NC1=O. The maximum absolute atomic E-state index is 11.8. The van der Waals surface area contributed by atoms with Gasteiger partial charge in [0.25, 0.3) is 0 Å². The molecular formula is C11H11ClN2O3S. The van der Waals surface area contributed by atoms with Crippen molar-refractivity contribution in [2.45, 2.75) is 16.6 Å². The van der Waals surface area contributed by atoms with Crippen molar-refractivity contribution in [2.75, 3.05) is 12.4 Å². The molecule has 96 valence electrons. The largest absolute Gasteiger partial charge is 0.324 e. The first-order valence-electron chi connectivity index (χ1n) is 5.19. The van der Waals surface area contributed by atoms with E-state index in [1.165, 1.54) is 18.9 Å². The molecule has 0 aromatic heterocycles. The van der Waals surface area contributed by atoms with Gasteiger partial charge in [-0.2, -0.15) is 0 Å². The van der Waals surface area contributed by atoms with Gasteiger partial charge in [-0.05, 0) is 18.2 Å². The molecule has 0 spiro atoms. The van der Waals surface area contributed by atoms with Crippen molar-refractivity contribution in [3.8, 4) is 0 Å². The first-order chi connectivity index (χ1) is 8.60. The minimum absolute atomic E-state index is 0.0619.